The number of rotatable bonds is 5. The predicted molar refractivity (Wildman–Crippen MR) is 162 cm³/mol. The van der Waals surface area contributed by atoms with Gasteiger partial charge in [-0.3, -0.25) is 9.98 Å². The highest BCUT2D eigenvalue weighted by atomic mass is 14.8. The molecule has 0 radical (unpaired) electrons. The topological polar surface area (TPSA) is 51.3 Å². The van der Waals surface area contributed by atoms with Crippen LogP contribution in [0.25, 0.3) is 33.4 Å². The van der Waals surface area contributed by atoms with Gasteiger partial charge < -0.3 is 5.73 Å². The number of aliphatic imine (C=N–C) groups is 1. The van der Waals surface area contributed by atoms with Gasteiger partial charge in [0.25, 0.3) is 0 Å². The van der Waals surface area contributed by atoms with E-state index in [-0.39, 0.29) is 0 Å². The molecule has 0 bridgehead atoms. The van der Waals surface area contributed by atoms with Crippen molar-refractivity contribution < 1.29 is 0 Å². The van der Waals surface area contributed by atoms with Crippen molar-refractivity contribution in [1.82, 2.24) is 4.98 Å². The lowest BCUT2D eigenvalue weighted by Crippen LogP contribution is -1.93. The fraction of sp³-hybridized carbons (Fsp3) is 0.143. The maximum Gasteiger partial charge on any atom is 0.0812 e. The largest absolute Gasteiger partial charge is 0.399 e. The molecule has 0 saturated heterocycles. The molecule has 0 aliphatic heterocycles. The van der Waals surface area contributed by atoms with Crippen LogP contribution in [0, 0.1) is 34.6 Å². The van der Waals surface area contributed by atoms with Crippen molar-refractivity contribution in [2.45, 2.75) is 34.6 Å². The van der Waals surface area contributed by atoms with E-state index in [0.717, 1.165) is 50.4 Å². The van der Waals surface area contributed by atoms with Crippen molar-refractivity contribution in [3.63, 3.8) is 0 Å². The zero-order valence-corrected chi connectivity index (χ0v) is 22.7. The van der Waals surface area contributed by atoms with E-state index in [0.29, 0.717) is 0 Å². The lowest BCUT2D eigenvalue weighted by atomic mass is 9.89. The average Bonchev–Trinajstić information content (AvgIpc) is 2.86. The smallest absolute Gasteiger partial charge is 0.0812 e. The van der Waals surface area contributed by atoms with Crippen molar-refractivity contribution in [2.24, 2.45) is 4.99 Å². The second kappa shape index (κ2) is 10.5. The molecule has 188 valence electrons. The molecule has 5 rings (SSSR count). The van der Waals surface area contributed by atoms with Gasteiger partial charge in [-0.2, -0.15) is 0 Å². The number of nitrogens with two attached hydrogens (primary N) is 1. The SMILES string of the molecule is Cc1cc(C)cc(-c2cc(-c3cc(C)cc(C)c3)c(N=Cc3ccccn3)c(-c3cc(C)cc(N)c3)c2)c1. The third-order valence-electron chi connectivity index (χ3n) is 6.62. The number of benzene rings is 4. The van der Waals surface area contributed by atoms with Crippen LogP contribution in [0.5, 0.6) is 0 Å². The van der Waals surface area contributed by atoms with Crippen molar-refractivity contribution in [3.8, 4) is 33.4 Å². The van der Waals surface area contributed by atoms with E-state index in [4.69, 9.17) is 10.7 Å². The summed E-state index contributed by atoms with van der Waals surface area (Å²) >= 11 is 0. The molecule has 1 aromatic heterocycles. The highest BCUT2D eigenvalue weighted by Gasteiger charge is 2.17. The van der Waals surface area contributed by atoms with Crippen LogP contribution in [0.1, 0.15) is 33.5 Å². The van der Waals surface area contributed by atoms with Crippen LogP contribution in [-0.4, -0.2) is 11.2 Å². The van der Waals surface area contributed by atoms with E-state index < -0.39 is 0 Å². The Balaban J connectivity index is 1.86. The Bertz CT molecular complexity index is 1530. The van der Waals surface area contributed by atoms with Crippen LogP contribution in [0.2, 0.25) is 0 Å². The number of nitrogens with zero attached hydrogens (tertiary/aromatic N) is 2. The minimum Gasteiger partial charge on any atom is -0.399 e. The van der Waals surface area contributed by atoms with Crippen LogP contribution < -0.4 is 5.73 Å². The Morgan fingerprint density at radius 3 is 1.61 bits per heavy atom. The van der Waals surface area contributed by atoms with E-state index in [1.54, 1.807) is 6.20 Å². The Morgan fingerprint density at radius 1 is 0.579 bits per heavy atom. The summed E-state index contributed by atoms with van der Waals surface area (Å²) in [6.07, 6.45) is 3.64. The minimum absolute atomic E-state index is 0.740. The standard InChI is InChI=1S/C35H33N3/c1-22-10-23(2)13-27(12-22)28-19-33(29-14-24(3)11-25(4)15-29)35(38-21-32-8-6-7-9-37-32)34(20-28)30-16-26(5)17-31(36)18-30/h6-21H,36H2,1-5H3. The summed E-state index contributed by atoms with van der Waals surface area (Å²) in [5.41, 5.74) is 21.5. The molecule has 1 heterocycles. The molecule has 3 nitrogen and oxygen atoms in total. The summed E-state index contributed by atoms with van der Waals surface area (Å²) in [5, 5.41) is 0. The van der Waals surface area contributed by atoms with Crippen LogP contribution in [-0.2, 0) is 0 Å². The quantitative estimate of drug-likeness (QED) is 0.195. The van der Waals surface area contributed by atoms with Gasteiger partial charge >= 0.3 is 0 Å². The van der Waals surface area contributed by atoms with E-state index >= 15 is 0 Å². The summed E-state index contributed by atoms with van der Waals surface area (Å²) in [5.74, 6) is 0. The van der Waals surface area contributed by atoms with Gasteiger partial charge in [0.05, 0.1) is 17.6 Å². The van der Waals surface area contributed by atoms with Gasteiger partial charge in [0, 0.05) is 23.0 Å². The highest BCUT2D eigenvalue weighted by molar-refractivity contribution is 5.96. The van der Waals surface area contributed by atoms with Crippen molar-refractivity contribution >= 4 is 17.6 Å². The molecule has 5 aromatic rings. The Morgan fingerprint density at radius 2 is 1.08 bits per heavy atom. The van der Waals surface area contributed by atoms with Gasteiger partial charge in [-0.15, -0.1) is 0 Å². The van der Waals surface area contributed by atoms with Crippen LogP contribution in [0.3, 0.4) is 0 Å². The number of nitrogen functional groups attached to an aromatic ring is 1. The molecule has 0 saturated carbocycles. The molecule has 0 unspecified atom stereocenters. The molecule has 4 aromatic carbocycles. The minimum atomic E-state index is 0.740. The highest BCUT2D eigenvalue weighted by Crippen LogP contribution is 2.44. The van der Waals surface area contributed by atoms with Crippen molar-refractivity contribution in [3.05, 3.63) is 125 Å². The molecule has 0 amide bonds. The molecule has 0 atom stereocenters. The molecule has 0 aliphatic rings. The molecule has 3 heteroatoms. The summed E-state index contributed by atoms with van der Waals surface area (Å²) in [6, 6.07) is 30.0. The lowest BCUT2D eigenvalue weighted by molar-refractivity contribution is 1.30. The molecule has 0 fully saturated rings. The van der Waals surface area contributed by atoms with Gasteiger partial charge in [0.15, 0.2) is 0 Å². The van der Waals surface area contributed by atoms with Gasteiger partial charge in [-0.1, -0.05) is 70.8 Å². The second-order valence-corrected chi connectivity index (χ2v) is 10.3. The number of hydrogen-bond acceptors (Lipinski definition) is 3. The normalized spacial score (nSPS) is 11.3. The first-order valence-electron chi connectivity index (χ1n) is 12.9. The van der Waals surface area contributed by atoms with Crippen LogP contribution >= 0.6 is 0 Å². The number of aromatic nitrogens is 1. The first kappa shape index (κ1) is 25.2. The van der Waals surface area contributed by atoms with Gasteiger partial charge in [-0.05, 0) is 98.8 Å². The maximum atomic E-state index is 6.34. The van der Waals surface area contributed by atoms with E-state index in [2.05, 4.69) is 94.2 Å². The van der Waals surface area contributed by atoms with E-state index in [9.17, 15) is 0 Å². The van der Waals surface area contributed by atoms with E-state index in [1.165, 1.54) is 27.8 Å². The predicted octanol–water partition coefficient (Wildman–Crippen LogP) is 8.96. The number of hydrogen-bond donors (Lipinski definition) is 1. The Hall–Kier alpha value is -4.50. The monoisotopic (exact) mass is 495 g/mol. The molecule has 0 aliphatic carbocycles. The molecule has 38 heavy (non-hydrogen) atoms. The van der Waals surface area contributed by atoms with Crippen molar-refractivity contribution in [1.29, 1.82) is 0 Å². The summed E-state index contributed by atoms with van der Waals surface area (Å²) in [6.45, 7) is 10.7. The molecule has 2 N–H and O–H groups in total. The average molecular weight is 496 g/mol. The van der Waals surface area contributed by atoms with Gasteiger partial charge in [-0.25, -0.2) is 0 Å². The van der Waals surface area contributed by atoms with Crippen molar-refractivity contribution in [2.75, 3.05) is 5.73 Å². The first-order chi connectivity index (χ1) is 18.2. The summed E-state index contributed by atoms with van der Waals surface area (Å²) < 4.78 is 0. The third-order valence-corrected chi connectivity index (χ3v) is 6.62. The van der Waals surface area contributed by atoms with Gasteiger partial charge in [0.2, 0.25) is 0 Å². The molecule has 0 spiro atoms. The fourth-order valence-electron chi connectivity index (χ4n) is 5.20. The first-order valence-corrected chi connectivity index (χ1v) is 12.9. The molecular formula is C35H33N3. The fourth-order valence-corrected chi connectivity index (χ4v) is 5.20. The zero-order chi connectivity index (χ0) is 26.8. The summed E-state index contributed by atoms with van der Waals surface area (Å²) in [4.78, 5) is 9.56. The van der Waals surface area contributed by atoms with Crippen LogP contribution in [0.4, 0.5) is 11.4 Å². The number of aryl methyl sites for hydroxylation is 5. The second-order valence-electron chi connectivity index (χ2n) is 10.3. The summed E-state index contributed by atoms with van der Waals surface area (Å²) in [7, 11) is 0. The number of pyridine rings is 1. The van der Waals surface area contributed by atoms with E-state index in [1.807, 2.05) is 36.5 Å². The van der Waals surface area contributed by atoms with Crippen LogP contribution in [0.15, 0.2) is 96.1 Å². The third kappa shape index (κ3) is 5.57. The zero-order valence-electron chi connectivity index (χ0n) is 22.7. The maximum absolute atomic E-state index is 6.34. The molecular weight excluding hydrogens is 462 g/mol. The van der Waals surface area contributed by atoms with Gasteiger partial charge in [0.1, 0.15) is 0 Å². The lowest BCUT2D eigenvalue weighted by Gasteiger charge is -2.18. The Labute approximate surface area is 225 Å². The Kier molecular flexibility index (Phi) is 6.93. The number of anilines is 1.